The van der Waals surface area contributed by atoms with Crippen LogP contribution in [0.2, 0.25) is 0 Å². The fourth-order valence-electron chi connectivity index (χ4n) is 2.48. The summed E-state index contributed by atoms with van der Waals surface area (Å²) in [5.41, 5.74) is 3.57. The molecule has 3 aromatic rings. The highest BCUT2D eigenvalue weighted by Crippen LogP contribution is 2.20. The van der Waals surface area contributed by atoms with Crippen LogP contribution in [0.5, 0.6) is 5.75 Å². The molecule has 0 spiro atoms. The van der Waals surface area contributed by atoms with E-state index in [4.69, 9.17) is 0 Å². The van der Waals surface area contributed by atoms with Crippen LogP contribution < -0.4 is 5.32 Å². The van der Waals surface area contributed by atoms with Crippen molar-refractivity contribution in [3.05, 3.63) is 65.1 Å². The third kappa shape index (κ3) is 3.12. The van der Waals surface area contributed by atoms with Crippen LogP contribution in [0.1, 0.15) is 27.3 Å². The van der Waals surface area contributed by atoms with E-state index in [0.717, 1.165) is 17.0 Å². The molecule has 0 aliphatic carbocycles. The number of anilines is 1. The first kappa shape index (κ1) is 15.7. The van der Waals surface area contributed by atoms with Crippen molar-refractivity contribution in [2.75, 3.05) is 5.32 Å². The minimum atomic E-state index is -0.381. The Morgan fingerprint density at radius 1 is 1.12 bits per heavy atom. The van der Waals surface area contributed by atoms with Gasteiger partial charge in [-0.15, -0.1) is 0 Å². The van der Waals surface area contributed by atoms with Gasteiger partial charge >= 0.3 is 0 Å². The Morgan fingerprint density at radius 3 is 2.50 bits per heavy atom. The molecule has 6 nitrogen and oxygen atoms in total. The molecule has 1 amide bonds. The van der Waals surface area contributed by atoms with Crippen molar-refractivity contribution in [1.29, 1.82) is 0 Å². The van der Waals surface area contributed by atoms with Crippen LogP contribution in [0.25, 0.3) is 5.82 Å². The zero-order valence-corrected chi connectivity index (χ0v) is 13.7. The molecule has 0 aliphatic rings. The number of carbonyl (C=O) groups excluding carboxylic acids is 1. The van der Waals surface area contributed by atoms with Crippen molar-refractivity contribution in [3.8, 4) is 11.6 Å². The molecule has 0 atom stereocenters. The van der Waals surface area contributed by atoms with E-state index in [1.54, 1.807) is 41.2 Å². The molecule has 24 heavy (non-hydrogen) atoms. The lowest BCUT2D eigenvalue weighted by Crippen LogP contribution is -2.12. The lowest BCUT2D eigenvalue weighted by atomic mass is 10.1. The number of nitrogens with zero attached hydrogens (tertiary/aromatic N) is 3. The standard InChI is InChI=1S/C18H18N4O2/c1-11-4-6-15(16(23)8-11)18(24)20-14-5-7-17(19-10-14)22-13(3)9-12(2)21-22/h4-10,23H,1-3H3,(H,20,24). The number of aryl methyl sites for hydroxylation is 3. The number of aromatic nitrogens is 3. The summed E-state index contributed by atoms with van der Waals surface area (Å²) in [4.78, 5) is 16.6. The van der Waals surface area contributed by atoms with E-state index >= 15 is 0 Å². The molecule has 6 heteroatoms. The summed E-state index contributed by atoms with van der Waals surface area (Å²) in [7, 11) is 0. The van der Waals surface area contributed by atoms with Crippen LogP contribution in [-0.2, 0) is 0 Å². The Morgan fingerprint density at radius 2 is 1.92 bits per heavy atom. The molecule has 2 heterocycles. The molecule has 0 aliphatic heterocycles. The second kappa shape index (κ2) is 6.16. The first-order valence-electron chi connectivity index (χ1n) is 7.55. The van der Waals surface area contributed by atoms with Crippen molar-refractivity contribution in [1.82, 2.24) is 14.8 Å². The summed E-state index contributed by atoms with van der Waals surface area (Å²) in [5, 5.41) is 17.0. The molecule has 0 saturated carbocycles. The van der Waals surface area contributed by atoms with Gasteiger partial charge in [0.15, 0.2) is 5.82 Å². The van der Waals surface area contributed by atoms with Crippen LogP contribution in [0.3, 0.4) is 0 Å². The molecule has 3 rings (SSSR count). The number of hydrogen-bond acceptors (Lipinski definition) is 4. The second-order valence-electron chi connectivity index (χ2n) is 5.72. The maximum absolute atomic E-state index is 12.2. The van der Waals surface area contributed by atoms with Crippen LogP contribution in [0, 0.1) is 20.8 Å². The number of phenols is 1. The van der Waals surface area contributed by atoms with Gasteiger partial charge in [0.05, 0.1) is 23.1 Å². The summed E-state index contributed by atoms with van der Waals surface area (Å²) in [6, 6.07) is 10.4. The van der Waals surface area contributed by atoms with E-state index < -0.39 is 0 Å². The van der Waals surface area contributed by atoms with Gasteiger partial charge < -0.3 is 10.4 Å². The van der Waals surface area contributed by atoms with Gasteiger partial charge in [-0.05, 0) is 56.7 Å². The molecule has 1 aromatic carbocycles. The zero-order valence-electron chi connectivity index (χ0n) is 13.7. The monoisotopic (exact) mass is 322 g/mol. The Kier molecular flexibility index (Phi) is 4.04. The number of phenolic OH excluding ortho intramolecular Hbond substituents is 1. The summed E-state index contributed by atoms with van der Waals surface area (Å²) in [6.07, 6.45) is 1.56. The highest BCUT2D eigenvalue weighted by atomic mass is 16.3. The van der Waals surface area contributed by atoms with Crippen LogP contribution in [0.4, 0.5) is 5.69 Å². The Balaban J connectivity index is 1.79. The molecule has 0 unspecified atom stereocenters. The molecular weight excluding hydrogens is 304 g/mol. The number of carbonyl (C=O) groups is 1. The molecule has 2 aromatic heterocycles. The minimum Gasteiger partial charge on any atom is -0.507 e. The van der Waals surface area contributed by atoms with Gasteiger partial charge in [-0.2, -0.15) is 5.10 Å². The summed E-state index contributed by atoms with van der Waals surface area (Å²) >= 11 is 0. The lowest BCUT2D eigenvalue weighted by molar-refractivity contribution is 0.102. The number of hydrogen-bond donors (Lipinski definition) is 2. The van der Waals surface area contributed by atoms with E-state index in [0.29, 0.717) is 11.5 Å². The molecule has 0 fully saturated rings. The molecule has 0 bridgehead atoms. The number of amides is 1. The van der Waals surface area contributed by atoms with Crippen molar-refractivity contribution >= 4 is 11.6 Å². The predicted octanol–water partition coefficient (Wildman–Crippen LogP) is 3.15. The first-order chi connectivity index (χ1) is 11.4. The van der Waals surface area contributed by atoms with Gasteiger partial charge in [-0.25, -0.2) is 9.67 Å². The molecule has 0 saturated heterocycles. The number of rotatable bonds is 3. The third-order valence-corrected chi connectivity index (χ3v) is 3.63. The summed E-state index contributed by atoms with van der Waals surface area (Å²) in [5.74, 6) is 0.254. The van der Waals surface area contributed by atoms with Crippen molar-refractivity contribution in [3.63, 3.8) is 0 Å². The van der Waals surface area contributed by atoms with Crippen molar-refractivity contribution in [2.45, 2.75) is 20.8 Å². The number of aromatic hydroxyl groups is 1. The minimum absolute atomic E-state index is 0.0419. The van der Waals surface area contributed by atoms with Gasteiger partial charge in [0.25, 0.3) is 5.91 Å². The molecule has 2 N–H and O–H groups in total. The molecule has 0 radical (unpaired) electrons. The number of benzene rings is 1. The van der Waals surface area contributed by atoms with Crippen molar-refractivity contribution < 1.29 is 9.90 Å². The van der Waals surface area contributed by atoms with E-state index in [-0.39, 0.29) is 17.2 Å². The van der Waals surface area contributed by atoms with Crippen molar-refractivity contribution in [2.24, 2.45) is 0 Å². The van der Waals surface area contributed by atoms with Gasteiger partial charge in [0, 0.05) is 5.69 Å². The topological polar surface area (TPSA) is 80.0 Å². The van der Waals surface area contributed by atoms with Crippen LogP contribution >= 0.6 is 0 Å². The normalized spacial score (nSPS) is 10.6. The van der Waals surface area contributed by atoms with Gasteiger partial charge in [0.2, 0.25) is 0 Å². The van der Waals surface area contributed by atoms with Crippen LogP contribution in [0.15, 0.2) is 42.6 Å². The van der Waals surface area contributed by atoms with E-state index in [2.05, 4.69) is 15.4 Å². The SMILES string of the molecule is Cc1ccc(C(=O)Nc2ccc(-n3nc(C)cc3C)nc2)c(O)c1. The molecule has 122 valence electrons. The fourth-order valence-corrected chi connectivity index (χ4v) is 2.48. The second-order valence-corrected chi connectivity index (χ2v) is 5.72. The van der Waals surface area contributed by atoms with Gasteiger partial charge in [-0.1, -0.05) is 6.07 Å². The maximum atomic E-state index is 12.2. The number of nitrogens with one attached hydrogen (secondary N) is 1. The quantitative estimate of drug-likeness (QED) is 0.776. The molecular formula is C18H18N4O2. The van der Waals surface area contributed by atoms with E-state index in [9.17, 15) is 9.90 Å². The third-order valence-electron chi connectivity index (χ3n) is 3.63. The summed E-state index contributed by atoms with van der Waals surface area (Å²) < 4.78 is 1.74. The smallest absolute Gasteiger partial charge is 0.259 e. The predicted molar refractivity (Wildman–Crippen MR) is 91.6 cm³/mol. The van der Waals surface area contributed by atoms with E-state index in [1.165, 1.54) is 0 Å². The highest BCUT2D eigenvalue weighted by molar-refractivity contribution is 6.06. The maximum Gasteiger partial charge on any atom is 0.259 e. The Bertz CT molecular complexity index is 898. The fraction of sp³-hybridized carbons (Fsp3) is 0.167. The highest BCUT2D eigenvalue weighted by Gasteiger charge is 2.12. The largest absolute Gasteiger partial charge is 0.507 e. The number of pyridine rings is 1. The summed E-state index contributed by atoms with van der Waals surface area (Å²) in [6.45, 7) is 5.73. The van der Waals surface area contributed by atoms with Gasteiger partial charge in [-0.3, -0.25) is 4.79 Å². The Labute approximate surface area is 139 Å². The zero-order chi connectivity index (χ0) is 17.3. The average molecular weight is 322 g/mol. The van der Waals surface area contributed by atoms with Gasteiger partial charge in [0.1, 0.15) is 5.75 Å². The first-order valence-corrected chi connectivity index (χ1v) is 7.55. The average Bonchev–Trinajstić information content (AvgIpc) is 2.86. The lowest BCUT2D eigenvalue weighted by Gasteiger charge is -2.08. The Hall–Kier alpha value is -3.15. The van der Waals surface area contributed by atoms with E-state index in [1.807, 2.05) is 26.8 Å². The van der Waals surface area contributed by atoms with Crippen LogP contribution in [-0.4, -0.2) is 25.8 Å².